The van der Waals surface area contributed by atoms with Gasteiger partial charge in [0.1, 0.15) is 0 Å². The van der Waals surface area contributed by atoms with Gasteiger partial charge in [-0.25, -0.2) is 0 Å². The van der Waals surface area contributed by atoms with Crippen molar-refractivity contribution in [2.75, 3.05) is 26.7 Å². The average Bonchev–Trinajstić information content (AvgIpc) is 3.30. The first-order valence-corrected chi connectivity index (χ1v) is 10.9. The second kappa shape index (κ2) is 11.5. The Kier molecular flexibility index (Phi) is 9.65. The second-order valence-electron chi connectivity index (χ2n) is 7.20. The van der Waals surface area contributed by atoms with Crippen LogP contribution < -0.4 is 10.6 Å². The first-order chi connectivity index (χ1) is 12.7. The Morgan fingerprint density at radius 3 is 2.74 bits per heavy atom. The monoisotopic (exact) mass is 524 g/mol. The van der Waals surface area contributed by atoms with Gasteiger partial charge in [-0.1, -0.05) is 30.9 Å². The van der Waals surface area contributed by atoms with Crippen molar-refractivity contribution in [3.8, 4) is 0 Å². The zero-order valence-corrected chi connectivity index (χ0v) is 19.8. The van der Waals surface area contributed by atoms with E-state index in [1.54, 1.807) is 18.4 Å². The molecule has 2 heterocycles. The van der Waals surface area contributed by atoms with E-state index < -0.39 is 0 Å². The second-order valence-corrected chi connectivity index (χ2v) is 9.00. The molecule has 0 aromatic carbocycles. The van der Waals surface area contributed by atoms with E-state index in [9.17, 15) is 4.79 Å². The molecule has 8 heteroatoms. The van der Waals surface area contributed by atoms with Gasteiger partial charge in [-0.3, -0.25) is 9.79 Å². The number of thiophene rings is 1. The van der Waals surface area contributed by atoms with Crippen LogP contribution in [0, 0.1) is 5.92 Å². The van der Waals surface area contributed by atoms with Gasteiger partial charge in [0, 0.05) is 43.5 Å². The van der Waals surface area contributed by atoms with E-state index in [2.05, 4.69) is 26.6 Å². The van der Waals surface area contributed by atoms with Gasteiger partial charge in [-0.15, -0.1) is 35.3 Å². The number of guanidine groups is 1. The molecule has 1 aromatic heterocycles. The summed E-state index contributed by atoms with van der Waals surface area (Å²) >= 11 is 7.59. The Morgan fingerprint density at radius 2 is 2.07 bits per heavy atom. The summed E-state index contributed by atoms with van der Waals surface area (Å²) in [5, 5.41) is 6.83. The van der Waals surface area contributed by atoms with Crippen LogP contribution in [0.15, 0.2) is 17.1 Å². The fourth-order valence-electron chi connectivity index (χ4n) is 3.86. The molecule has 1 atom stereocenters. The van der Waals surface area contributed by atoms with Gasteiger partial charge < -0.3 is 15.5 Å². The van der Waals surface area contributed by atoms with E-state index in [0.717, 1.165) is 55.6 Å². The summed E-state index contributed by atoms with van der Waals surface area (Å²) in [6.07, 6.45) is 7.75. The largest absolute Gasteiger partial charge is 0.356 e. The maximum absolute atomic E-state index is 12.7. The summed E-state index contributed by atoms with van der Waals surface area (Å²) in [5.41, 5.74) is 0. The van der Waals surface area contributed by atoms with Gasteiger partial charge in [0.05, 0.1) is 4.34 Å². The zero-order chi connectivity index (χ0) is 18.4. The van der Waals surface area contributed by atoms with Crippen LogP contribution in [0.4, 0.5) is 0 Å². The lowest BCUT2D eigenvalue weighted by Gasteiger charge is -2.26. The van der Waals surface area contributed by atoms with Gasteiger partial charge in [0.25, 0.3) is 0 Å². The Labute approximate surface area is 188 Å². The molecule has 1 aliphatic carbocycles. The Bertz CT molecular complexity index is 633. The van der Waals surface area contributed by atoms with Crippen LogP contribution in [-0.2, 0) is 11.2 Å². The van der Waals surface area contributed by atoms with Gasteiger partial charge in [-0.2, -0.15) is 0 Å². The lowest BCUT2D eigenvalue weighted by Crippen LogP contribution is -2.46. The zero-order valence-electron chi connectivity index (χ0n) is 15.9. The van der Waals surface area contributed by atoms with Crippen LogP contribution >= 0.6 is 46.9 Å². The van der Waals surface area contributed by atoms with Crippen LogP contribution in [0.3, 0.4) is 0 Å². The van der Waals surface area contributed by atoms with Gasteiger partial charge >= 0.3 is 0 Å². The molecule has 0 bridgehead atoms. The molecule has 1 saturated carbocycles. The van der Waals surface area contributed by atoms with Crippen molar-refractivity contribution in [3.05, 3.63) is 21.3 Å². The van der Waals surface area contributed by atoms with E-state index in [1.165, 1.54) is 24.1 Å². The molecule has 0 spiro atoms. The molecule has 1 amide bonds. The predicted molar refractivity (Wildman–Crippen MR) is 125 cm³/mol. The number of halogens is 2. The molecular weight excluding hydrogens is 495 g/mol. The summed E-state index contributed by atoms with van der Waals surface area (Å²) in [7, 11) is 1.79. The third-order valence-corrected chi connectivity index (χ3v) is 6.60. The maximum atomic E-state index is 12.7. The van der Waals surface area contributed by atoms with Crippen LogP contribution in [-0.4, -0.2) is 49.5 Å². The number of aliphatic imine (C=N–C) groups is 1. The number of amides is 1. The average molecular weight is 525 g/mol. The number of likely N-dealkylation sites (tertiary alicyclic amines) is 1. The van der Waals surface area contributed by atoms with Gasteiger partial charge in [0.2, 0.25) is 5.91 Å². The normalized spacial score (nSPS) is 21.0. The highest BCUT2D eigenvalue weighted by Gasteiger charge is 2.31. The highest BCUT2D eigenvalue weighted by atomic mass is 127. The first-order valence-electron chi connectivity index (χ1n) is 9.66. The number of nitrogens with one attached hydrogen (secondary N) is 2. The predicted octanol–water partition coefficient (Wildman–Crippen LogP) is 3.91. The van der Waals surface area contributed by atoms with Crippen molar-refractivity contribution >= 4 is 58.8 Å². The van der Waals surface area contributed by atoms with Crippen molar-refractivity contribution in [2.24, 2.45) is 10.9 Å². The molecule has 1 unspecified atom stereocenters. The number of hydrogen-bond acceptors (Lipinski definition) is 3. The fraction of sp³-hybridized carbons (Fsp3) is 0.684. The molecule has 2 fully saturated rings. The molecule has 2 aliphatic rings. The molecule has 1 aliphatic heterocycles. The number of carbonyl (C=O) groups is 1. The number of hydrogen-bond donors (Lipinski definition) is 2. The highest BCUT2D eigenvalue weighted by molar-refractivity contribution is 14.0. The Hall–Kier alpha value is -0.540. The van der Waals surface area contributed by atoms with Crippen molar-refractivity contribution < 1.29 is 4.79 Å². The van der Waals surface area contributed by atoms with Crippen molar-refractivity contribution in [1.82, 2.24) is 15.5 Å². The third kappa shape index (κ3) is 6.78. The smallest absolute Gasteiger partial charge is 0.225 e. The molecule has 5 nitrogen and oxygen atoms in total. The van der Waals surface area contributed by atoms with E-state index in [0.29, 0.717) is 5.91 Å². The third-order valence-electron chi connectivity index (χ3n) is 5.31. The van der Waals surface area contributed by atoms with Crippen molar-refractivity contribution in [3.63, 3.8) is 0 Å². The van der Waals surface area contributed by atoms with Crippen LogP contribution in [0.5, 0.6) is 0 Å². The molecule has 2 N–H and O–H groups in total. The van der Waals surface area contributed by atoms with Crippen LogP contribution in [0.2, 0.25) is 4.34 Å². The molecule has 1 saturated heterocycles. The molecule has 1 aromatic rings. The summed E-state index contributed by atoms with van der Waals surface area (Å²) in [6.45, 7) is 2.46. The lowest BCUT2D eigenvalue weighted by molar-refractivity contribution is -0.135. The summed E-state index contributed by atoms with van der Waals surface area (Å²) in [4.78, 5) is 20.3. The molecule has 3 rings (SSSR count). The SMILES string of the molecule is CN=C(NCCc1ccc(Cl)s1)NC1CCN(C(=O)C2CCCCC2)C1.I. The van der Waals surface area contributed by atoms with Gasteiger partial charge in [-0.05, 0) is 37.8 Å². The van der Waals surface area contributed by atoms with E-state index in [1.807, 2.05) is 6.07 Å². The summed E-state index contributed by atoms with van der Waals surface area (Å²) in [5.74, 6) is 1.44. The Morgan fingerprint density at radius 1 is 1.30 bits per heavy atom. The lowest BCUT2D eigenvalue weighted by atomic mass is 9.88. The number of rotatable bonds is 5. The minimum Gasteiger partial charge on any atom is -0.356 e. The number of nitrogens with zero attached hydrogens (tertiary/aromatic N) is 2. The van der Waals surface area contributed by atoms with Gasteiger partial charge in [0.15, 0.2) is 5.96 Å². The van der Waals surface area contributed by atoms with E-state index >= 15 is 0 Å². The molecular formula is C19H30ClIN4OS. The van der Waals surface area contributed by atoms with Crippen molar-refractivity contribution in [2.45, 2.75) is 51.0 Å². The van der Waals surface area contributed by atoms with Crippen LogP contribution in [0.25, 0.3) is 0 Å². The minimum absolute atomic E-state index is 0. The summed E-state index contributed by atoms with van der Waals surface area (Å²) in [6, 6.07) is 4.28. The molecule has 152 valence electrons. The fourth-order valence-corrected chi connectivity index (χ4v) is 4.95. The van der Waals surface area contributed by atoms with Crippen LogP contribution in [0.1, 0.15) is 43.4 Å². The first kappa shape index (κ1) is 22.7. The minimum atomic E-state index is 0. The summed E-state index contributed by atoms with van der Waals surface area (Å²) < 4.78 is 0.830. The molecule has 27 heavy (non-hydrogen) atoms. The topological polar surface area (TPSA) is 56.7 Å². The maximum Gasteiger partial charge on any atom is 0.225 e. The standard InChI is InChI=1S/C19H29ClN4OS.HI/c1-21-19(22-11-9-16-7-8-17(20)26-16)23-15-10-12-24(13-15)18(25)14-5-3-2-4-6-14;/h7-8,14-15H,2-6,9-13H2,1H3,(H2,21,22,23);1H. The quantitative estimate of drug-likeness (QED) is 0.349. The van der Waals surface area contributed by atoms with E-state index in [-0.39, 0.29) is 35.9 Å². The highest BCUT2D eigenvalue weighted by Crippen LogP contribution is 2.26. The Balaban J connectivity index is 0.00000261. The van der Waals surface area contributed by atoms with Crippen molar-refractivity contribution in [1.29, 1.82) is 0 Å². The molecule has 0 radical (unpaired) electrons. The van der Waals surface area contributed by atoms with E-state index in [4.69, 9.17) is 11.6 Å². The number of carbonyl (C=O) groups excluding carboxylic acids is 1.